The lowest BCUT2D eigenvalue weighted by Gasteiger charge is -2.07. The van der Waals surface area contributed by atoms with Crippen LogP contribution in [0.2, 0.25) is 0 Å². The van der Waals surface area contributed by atoms with E-state index in [1.165, 1.54) is 48.5 Å². The second-order valence-electron chi connectivity index (χ2n) is 6.61. The molecule has 0 heterocycles. The molecule has 0 N–H and O–H groups in total. The molecule has 3 rings (SSSR count). The van der Waals surface area contributed by atoms with Crippen LogP contribution in [0.5, 0.6) is 11.5 Å². The smallest absolute Gasteiger partial charge is 0.343 e. The minimum absolute atomic E-state index is 0.0906. The van der Waals surface area contributed by atoms with Crippen molar-refractivity contribution in [2.45, 2.75) is 19.8 Å². The van der Waals surface area contributed by atoms with Crippen LogP contribution in [-0.4, -0.2) is 12.6 Å². The van der Waals surface area contributed by atoms with Gasteiger partial charge < -0.3 is 9.47 Å². The van der Waals surface area contributed by atoms with E-state index < -0.39 is 23.4 Å². The van der Waals surface area contributed by atoms with Crippen molar-refractivity contribution in [2.24, 2.45) is 0 Å². The molecule has 0 spiro atoms. The third-order valence-electron chi connectivity index (χ3n) is 4.29. The number of hydrogen-bond acceptors (Lipinski definition) is 3. The summed E-state index contributed by atoms with van der Waals surface area (Å²) < 4.78 is 51.7. The molecule has 0 aliphatic rings. The lowest BCUT2D eigenvalue weighted by atomic mass is 10.1. The molecule has 0 saturated heterocycles. The van der Waals surface area contributed by atoms with Crippen LogP contribution >= 0.6 is 0 Å². The molecule has 0 bridgehead atoms. The summed E-state index contributed by atoms with van der Waals surface area (Å²) in [5.74, 6) is 2.26. The van der Waals surface area contributed by atoms with Crippen molar-refractivity contribution in [1.29, 1.82) is 0 Å². The lowest BCUT2D eigenvalue weighted by molar-refractivity contribution is 0.0734. The summed E-state index contributed by atoms with van der Waals surface area (Å²) in [6.07, 6.45) is 1.63. The van der Waals surface area contributed by atoms with Gasteiger partial charge in [-0.25, -0.2) is 13.6 Å². The minimum atomic E-state index is -1.06. The first-order chi connectivity index (χ1) is 15.0. The molecule has 3 aromatic rings. The molecule has 0 radical (unpaired) electrons. The van der Waals surface area contributed by atoms with Gasteiger partial charge >= 0.3 is 5.97 Å². The number of esters is 1. The van der Waals surface area contributed by atoms with Crippen LogP contribution in [0.25, 0.3) is 0 Å². The number of halogens is 3. The standard InChI is InChI=1S/C25H19F3O3/c1-2-3-16-30-22-15-10-18(23(27)24(22)28)7-4-17-5-13-21(14-6-17)31-25(29)19-8-11-20(26)12-9-19/h5-6,8-15H,2-3,16H2,1H3. The Labute approximate surface area is 178 Å². The van der Waals surface area contributed by atoms with Gasteiger partial charge in [0.2, 0.25) is 5.82 Å². The number of unbranched alkanes of at least 4 members (excludes halogenated alkanes) is 1. The lowest BCUT2D eigenvalue weighted by Crippen LogP contribution is -2.08. The number of benzene rings is 3. The Kier molecular flexibility index (Phi) is 7.34. The van der Waals surface area contributed by atoms with E-state index in [2.05, 4.69) is 11.8 Å². The molecule has 0 aliphatic carbocycles. The molecule has 158 valence electrons. The zero-order valence-electron chi connectivity index (χ0n) is 16.8. The number of ether oxygens (including phenoxy) is 2. The van der Waals surface area contributed by atoms with Crippen molar-refractivity contribution in [1.82, 2.24) is 0 Å². The minimum Gasteiger partial charge on any atom is -0.490 e. The number of carbonyl (C=O) groups is 1. The van der Waals surface area contributed by atoms with E-state index in [1.807, 2.05) is 6.92 Å². The number of carbonyl (C=O) groups excluding carboxylic acids is 1. The van der Waals surface area contributed by atoms with E-state index >= 15 is 0 Å². The van der Waals surface area contributed by atoms with Gasteiger partial charge in [0.15, 0.2) is 11.6 Å². The molecule has 0 aliphatic heterocycles. The van der Waals surface area contributed by atoms with Crippen molar-refractivity contribution in [3.8, 4) is 23.3 Å². The van der Waals surface area contributed by atoms with Gasteiger partial charge in [0.05, 0.1) is 17.7 Å². The fourth-order valence-electron chi connectivity index (χ4n) is 2.56. The van der Waals surface area contributed by atoms with Crippen molar-refractivity contribution in [3.63, 3.8) is 0 Å². The second kappa shape index (κ2) is 10.4. The van der Waals surface area contributed by atoms with Gasteiger partial charge in [0.1, 0.15) is 11.6 Å². The summed E-state index contributed by atoms with van der Waals surface area (Å²) in [5, 5.41) is 0. The Bertz CT molecular complexity index is 1110. The van der Waals surface area contributed by atoms with Crippen LogP contribution in [0.15, 0.2) is 60.7 Å². The number of rotatable bonds is 6. The molecule has 3 nitrogen and oxygen atoms in total. The average Bonchev–Trinajstić information content (AvgIpc) is 2.77. The van der Waals surface area contributed by atoms with E-state index in [9.17, 15) is 18.0 Å². The van der Waals surface area contributed by atoms with E-state index in [4.69, 9.17) is 9.47 Å². The molecular formula is C25H19F3O3. The maximum absolute atomic E-state index is 14.2. The first kappa shape index (κ1) is 22.0. The Morgan fingerprint density at radius 3 is 2.26 bits per heavy atom. The van der Waals surface area contributed by atoms with Crippen LogP contribution in [0.1, 0.15) is 41.3 Å². The summed E-state index contributed by atoms with van der Waals surface area (Å²) in [5.41, 5.74) is 0.640. The van der Waals surface area contributed by atoms with Gasteiger partial charge in [-0.2, -0.15) is 4.39 Å². The SMILES string of the molecule is CCCCOc1ccc(C#Cc2ccc(OC(=O)c3ccc(F)cc3)cc2)c(F)c1F. The normalized spacial score (nSPS) is 10.2. The summed E-state index contributed by atoms with van der Waals surface area (Å²) in [4.78, 5) is 12.0. The average molecular weight is 424 g/mol. The molecule has 0 unspecified atom stereocenters. The molecule has 0 amide bonds. The molecule has 3 aromatic carbocycles. The second-order valence-corrected chi connectivity index (χ2v) is 6.61. The largest absolute Gasteiger partial charge is 0.490 e. The van der Waals surface area contributed by atoms with Crippen LogP contribution in [0.3, 0.4) is 0 Å². The topological polar surface area (TPSA) is 35.5 Å². The zero-order chi connectivity index (χ0) is 22.2. The molecule has 0 saturated carbocycles. The van der Waals surface area contributed by atoms with E-state index in [0.717, 1.165) is 12.8 Å². The predicted octanol–water partition coefficient (Wildman–Crippen LogP) is 5.90. The van der Waals surface area contributed by atoms with Crippen molar-refractivity contribution < 1.29 is 27.4 Å². The monoisotopic (exact) mass is 424 g/mol. The fraction of sp³-hybridized carbons (Fsp3) is 0.160. The summed E-state index contributed by atoms with van der Waals surface area (Å²) in [6.45, 7) is 2.29. The molecule has 0 atom stereocenters. The van der Waals surface area contributed by atoms with E-state index in [0.29, 0.717) is 12.2 Å². The quantitative estimate of drug-likeness (QED) is 0.214. The van der Waals surface area contributed by atoms with E-state index in [1.54, 1.807) is 12.1 Å². The zero-order valence-corrected chi connectivity index (χ0v) is 16.8. The highest BCUT2D eigenvalue weighted by Crippen LogP contribution is 2.23. The molecule has 6 heteroatoms. The van der Waals surface area contributed by atoms with Gasteiger partial charge in [-0.1, -0.05) is 25.2 Å². The van der Waals surface area contributed by atoms with Crippen LogP contribution < -0.4 is 9.47 Å². The highest BCUT2D eigenvalue weighted by molar-refractivity contribution is 5.90. The van der Waals surface area contributed by atoms with E-state index in [-0.39, 0.29) is 22.6 Å². The Morgan fingerprint density at radius 2 is 1.58 bits per heavy atom. The third-order valence-corrected chi connectivity index (χ3v) is 4.29. The first-order valence-electron chi connectivity index (χ1n) is 9.68. The Hall–Kier alpha value is -3.72. The molecule has 31 heavy (non-hydrogen) atoms. The predicted molar refractivity (Wildman–Crippen MR) is 111 cm³/mol. The van der Waals surface area contributed by atoms with Crippen molar-refractivity contribution >= 4 is 5.97 Å². The van der Waals surface area contributed by atoms with Gasteiger partial charge in [-0.3, -0.25) is 0 Å². The number of hydrogen-bond donors (Lipinski definition) is 0. The molecular weight excluding hydrogens is 405 g/mol. The maximum Gasteiger partial charge on any atom is 0.343 e. The van der Waals surface area contributed by atoms with Crippen molar-refractivity contribution in [3.05, 3.63) is 94.8 Å². The Balaban J connectivity index is 1.67. The third kappa shape index (κ3) is 5.89. The van der Waals surface area contributed by atoms with Gasteiger partial charge in [0, 0.05) is 5.56 Å². The molecule has 0 aromatic heterocycles. The fourth-order valence-corrected chi connectivity index (χ4v) is 2.56. The first-order valence-corrected chi connectivity index (χ1v) is 9.68. The van der Waals surface area contributed by atoms with Crippen LogP contribution in [0.4, 0.5) is 13.2 Å². The highest BCUT2D eigenvalue weighted by Gasteiger charge is 2.13. The highest BCUT2D eigenvalue weighted by atomic mass is 19.2. The maximum atomic E-state index is 14.2. The summed E-state index contributed by atoms with van der Waals surface area (Å²) in [6, 6.07) is 13.9. The molecule has 0 fully saturated rings. The summed E-state index contributed by atoms with van der Waals surface area (Å²) in [7, 11) is 0. The van der Waals surface area contributed by atoms with Gasteiger partial charge in [0.25, 0.3) is 0 Å². The summed E-state index contributed by atoms with van der Waals surface area (Å²) >= 11 is 0. The van der Waals surface area contributed by atoms with Crippen LogP contribution in [0, 0.1) is 29.3 Å². The Morgan fingerprint density at radius 1 is 0.871 bits per heavy atom. The van der Waals surface area contributed by atoms with Crippen molar-refractivity contribution in [2.75, 3.05) is 6.61 Å². The van der Waals surface area contributed by atoms with Gasteiger partial charge in [-0.15, -0.1) is 0 Å². The van der Waals surface area contributed by atoms with Gasteiger partial charge in [-0.05, 0) is 67.1 Å². The van der Waals surface area contributed by atoms with Crippen LogP contribution in [-0.2, 0) is 0 Å².